The van der Waals surface area contributed by atoms with Crippen LogP contribution in [-0.2, 0) is 10.0 Å². The van der Waals surface area contributed by atoms with Gasteiger partial charge >= 0.3 is 0 Å². The molecule has 1 atom stereocenters. The van der Waals surface area contributed by atoms with Crippen LogP contribution < -0.4 is 18.7 Å². The predicted octanol–water partition coefficient (Wildman–Crippen LogP) is 3.78. The Morgan fingerprint density at radius 3 is 2.36 bits per heavy atom. The summed E-state index contributed by atoms with van der Waals surface area (Å²) in [6, 6.07) is 19.6. The number of ether oxygens (including phenoxy) is 2. The van der Waals surface area contributed by atoms with Crippen LogP contribution in [0.2, 0.25) is 0 Å². The molecule has 0 radical (unpaired) electrons. The number of hydrogen-bond acceptors (Lipinski definition) is 7. The first kappa shape index (κ1) is 28.4. The molecule has 0 spiro atoms. The minimum Gasteiger partial charge on any atom is -0.497 e. The van der Waals surface area contributed by atoms with Gasteiger partial charge in [0.25, 0.3) is 10.0 Å². The third-order valence-corrected chi connectivity index (χ3v) is 8.34. The van der Waals surface area contributed by atoms with E-state index in [1.54, 1.807) is 54.6 Å². The highest BCUT2D eigenvalue weighted by molar-refractivity contribution is 7.92. The van der Waals surface area contributed by atoms with E-state index in [2.05, 4.69) is 11.5 Å². The van der Waals surface area contributed by atoms with E-state index in [-0.39, 0.29) is 30.4 Å². The van der Waals surface area contributed by atoms with Gasteiger partial charge in [0, 0.05) is 32.7 Å². The molecule has 39 heavy (non-hydrogen) atoms. The van der Waals surface area contributed by atoms with Crippen LogP contribution in [0.1, 0.15) is 0 Å². The lowest BCUT2D eigenvalue weighted by Crippen LogP contribution is -2.50. The molecule has 1 saturated heterocycles. The zero-order chi connectivity index (χ0) is 27.8. The average Bonchev–Trinajstić information content (AvgIpc) is 2.96. The van der Waals surface area contributed by atoms with Crippen molar-refractivity contribution in [1.82, 2.24) is 4.90 Å². The third kappa shape index (κ3) is 6.89. The summed E-state index contributed by atoms with van der Waals surface area (Å²) < 4.78 is 54.1. The minimum absolute atomic E-state index is 0.0625. The van der Waals surface area contributed by atoms with Gasteiger partial charge in [-0.25, -0.2) is 12.8 Å². The number of benzene rings is 3. The Morgan fingerprint density at radius 1 is 1.03 bits per heavy atom. The van der Waals surface area contributed by atoms with Gasteiger partial charge in [0.2, 0.25) is 0 Å². The fraction of sp³-hybridized carbons (Fsp3) is 0.310. The minimum atomic E-state index is -4.07. The predicted molar refractivity (Wildman–Crippen MR) is 151 cm³/mol. The first-order valence-electron chi connectivity index (χ1n) is 12.7. The Labute approximate surface area is 229 Å². The summed E-state index contributed by atoms with van der Waals surface area (Å²) in [4.78, 5) is 4.10. The van der Waals surface area contributed by atoms with E-state index in [4.69, 9.17) is 9.47 Å². The molecule has 0 aliphatic carbocycles. The summed E-state index contributed by atoms with van der Waals surface area (Å²) in [6.07, 6.45) is 0.583. The quantitative estimate of drug-likeness (QED) is 0.341. The lowest BCUT2D eigenvalue weighted by molar-refractivity contribution is 0.115. The molecule has 10 heteroatoms. The highest BCUT2D eigenvalue weighted by atomic mass is 32.2. The van der Waals surface area contributed by atoms with Crippen molar-refractivity contribution in [3.63, 3.8) is 0 Å². The van der Waals surface area contributed by atoms with E-state index in [0.717, 1.165) is 0 Å². The molecular formula is C29H34FN3O5S. The van der Waals surface area contributed by atoms with Crippen molar-refractivity contribution in [2.45, 2.75) is 11.0 Å². The maximum Gasteiger partial charge on any atom is 0.264 e. The van der Waals surface area contributed by atoms with Crippen molar-refractivity contribution in [1.29, 1.82) is 0 Å². The summed E-state index contributed by atoms with van der Waals surface area (Å²) in [7, 11) is -2.56. The van der Waals surface area contributed by atoms with E-state index in [1.807, 2.05) is 11.0 Å². The summed E-state index contributed by atoms with van der Waals surface area (Å²) in [5.74, 6) is 0.632. The molecule has 0 aromatic heterocycles. The van der Waals surface area contributed by atoms with E-state index in [0.29, 0.717) is 49.1 Å². The molecule has 1 heterocycles. The van der Waals surface area contributed by atoms with Gasteiger partial charge < -0.3 is 19.5 Å². The Hall–Kier alpha value is -3.60. The molecule has 0 bridgehead atoms. The van der Waals surface area contributed by atoms with Crippen molar-refractivity contribution >= 4 is 21.4 Å². The van der Waals surface area contributed by atoms with E-state index in [1.165, 1.54) is 29.6 Å². The highest BCUT2D eigenvalue weighted by Crippen LogP contribution is 2.33. The van der Waals surface area contributed by atoms with Crippen molar-refractivity contribution in [2.75, 3.05) is 62.2 Å². The van der Waals surface area contributed by atoms with Crippen LogP contribution in [0, 0.1) is 5.82 Å². The maximum atomic E-state index is 14.2. The van der Waals surface area contributed by atoms with E-state index < -0.39 is 16.1 Å². The van der Waals surface area contributed by atoms with Crippen LogP contribution in [0.5, 0.6) is 11.5 Å². The van der Waals surface area contributed by atoms with Gasteiger partial charge in [-0.05, 0) is 48.5 Å². The van der Waals surface area contributed by atoms with E-state index in [9.17, 15) is 17.9 Å². The smallest absolute Gasteiger partial charge is 0.264 e. The fourth-order valence-corrected chi connectivity index (χ4v) is 6.07. The van der Waals surface area contributed by atoms with Gasteiger partial charge in [-0.1, -0.05) is 36.9 Å². The summed E-state index contributed by atoms with van der Waals surface area (Å²) in [6.45, 7) is 6.35. The average molecular weight is 556 g/mol. The number of sulfonamides is 1. The van der Waals surface area contributed by atoms with Crippen LogP contribution in [0.4, 0.5) is 15.8 Å². The molecule has 1 aliphatic heterocycles. The topological polar surface area (TPSA) is 82.6 Å². The monoisotopic (exact) mass is 555 g/mol. The van der Waals surface area contributed by atoms with Crippen LogP contribution in [0.15, 0.2) is 90.3 Å². The Bertz CT molecular complexity index is 1350. The number of para-hydroxylation sites is 3. The van der Waals surface area contributed by atoms with Gasteiger partial charge in [-0.3, -0.25) is 9.21 Å². The third-order valence-electron chi connectivity index (χ3n) is 6.55. The molecule has 8 nitrogen and oxygen atoms in total. The number of nitrogens with zero attached hydrogens (tertiary/aromatic N) is 3. The standard InChI is InChI=1S/C29H34FN3O5S/c1-3-20-38-29-11-7-6-10-28(29)33(39(35,36)25-14-12-24(37-2)13-15-25)22-23(34)21-31-16-18-32(19-17-31)27-9-5-4-8-26(27)30/h3-15,23,34H,1,16-22H2,2H3. The van der Waals surface area contributed by atoms with Gasteiger partial charge in [0.1, 0.15) is 23.9 Å². The number of anilines is 2. The molecule has 3 aromatic rings. The zero-order valence-electron chi connectivity index (χ0n) is 21.9. The van der Waals surface area contributed by atoms with Crippen molar-refractivity contribution in [2.24, 2.45) is 0 Å². The van der Waals surface area contributed by atoms with Crippen LogP contribution in [-0.4, -0.2) is 77.5 Å². The summed E-state index contributed by atoms with van der Waals surface area (Å²) in [5.41, 5.74) is 0.879. The second kappa shape index (κ2) is 13.0. The largest absolute Gasteiger partial charge is 0.497 e. The molecule has 3 aromatic carbocycles. The number of aliphatic hydroxyl groups is 1. The van der Waals surface area contributed by atoms with Gasteiger partial charge in [0.05, 0.1) is 36.0 Å². The van der Waals surface area contributed by atoms with Crippen LogP contribution >= 0.6 is 0 Å². The molecule has 0 amide bonds. The maximum absolute atomic E-state index is 14.2. The Morgan fingerprint density at radius 2 is 1.69 bits per heavy atom. The second-order valence-electron chi connectivity index (χ2n) is 9.17. The van der Waals surface area contributed by atoms with Crippen molar-refractivity contribution in [3.8, 4) is 11.5 Å². The Kier molecular flexibility index (Phi) is 9.45. The SMILES string of the molecule is C=CCOc1ccccc1N(CC(O)CN1CCN(c2ccccc2F)CC1)S(=O)(=O)c1ccc(OC)cc1. The number of methoxy groups -OCH3 is 1. The summed E-state index contributed by atoms with van der Waals surface area (Å²) in [5, 5.41) is 11.1. The molecule has 4 rings (SSSR count). The zero-order valence-corrected chi connectivity index (χ0v) is 22.8. The molecule has 1 unspecified atom stereocenters. The van der Waals surface area contributed by atoms with Gasteiger partial charge in [0.15, 0.2) is 0 Å². The number of halogens is 1. The van der Waals surface area contributed by atoms with Crippen LogP contribution in [0.3, 0.4) is 0 Å². The molecule has 1 aliphatic rings. The van der Waals surface area contributed by atoms with Gasteiger partial charge in [-0.15, -0.1) is 0 Å². The van der Waals surface area contributed by atoms with Crippen molar-refractivity contribution in [3.05, 3.63) is 91.3 Å². The van der Waals surface area contributed by atoms with Crippen molar-refractivity contribution < 1.29 is 27.4 Å². The van der Waals surface area contributed by atoms with Crippen LogP contribution in [0.25, 0.3) is 0 Å². The number of aliphatic hydroxyl groups excluding tert-OH is 1. The van der Waals surface area contributed by atoms with E-state index >= 15 is 0 Å². The normalized spacial score (nSPS) is 15.0. The highest BCUT2D eigenvalue weighted by Gasteiger charge is 2.31. The first-order chi connectivity index (χ1) is 18.8. The number of hydrogen-bond donors (Lipinski definition) is 1. The molecule has 208 valence electrons. The number of rotatable bonds is 12. The second-order valence-corrected chi connectivity index (χ2v) is 11.0. The number of β-amino-alcohol motifs (C(OH)–C–C–N with tert-alkyl or cyclic N) is 1. The van der Waals surface area contributed by atoms with Gasteiger partial charge in [-0.2, -0.15) is 0 Å². The number of piperazine rings is 1. The lowest BCUT2D eigenvalue weighted by atomic mass is 10.2. The fourth-order valence-electron chi connectivity index (χ4n) is 4.56. The molecule has 1 N–H and O–H groups in total. The molecule has 1 fully saturated rings. The Balaban J connectivity index is 1.52. The summed E-state index contributed by atoms with van der Waals surface area (Å²) >= 11 is 0. The molecule has 0 saturated carbocycles. The molecular weight excluding hydrogens is 521 g/mol. The first-order valence-corrected chi connectivity index (χ1v) is 14.2. The lowest BCUT2D eigenvalue weighted by Gasteiger charge is -2.37.